The molecule has 0 fully saturated rings. The number of alkyl halides is 2. The Morgan fingerprint density at radius 2 is 1.37 bits per heavy atom. The molecule has 0 heterocycles. The number of halogens is 2. The monoisotopic (exact) mass is 490 g/mol. The molecule has 0 unspecified atom stereocenters. The first-order chi connectivity index (χ1) is 8.96. The van der Waals surface area contributed by atoms with Crippen LogP contribution in [0, 0.1) is 0 Å². The molecule has 102 valence electrons. The highest BCUT2D eigenvalue weighted by molar-refractivity contribution is 14.1. The van der Waals surface area contributed by atoms with Crippen LogP contribution in [-0.4, -0.2) is 31.9 Å². The Hall–Kier alpha value is -0.910. The largest absolute Gasteiger partial charge is 0.478 e. The van der Waals surface area contributed by atoms with Gasteiger partial charge in [0, 0.05) is 6.07 Å². The summed E-state index contributed by atoms with van der Waals surface area (Å²) in [5.74, 6) is -2.20. The summed E-state index contributed by atoms with van der Waals surface area (Å²) in [6.45, 7) is 0. The number of aromatic carboxylic acids is 1. The molecule has 0 atom stereocenters. The van der Waals surface area contributed by atoms with Crippen molar-refractivity contribution in [2.75, 3.05) is 8.86 Å². The molecule has 0 aliphatic carbocycles. The lowest BCUT2D eigenvalue weighted by atomic mass is 10.2. The van der Waals surface area contributed by atoms with Crippen molar-refractivity contribution in [3.8, 4) is 11.5 Å². The van der Waals surface area contributed by atoms with E-state index in [4.69, 9.17) is 14.6 Å². The van der Waals surface area contributed by atoms with Gasteiger partial charge in [0.15, 0.2) is 0 Å². The number of ether oxygens (including phenoxy) is 2. The van der Waals surface area contributed by atoms with E-state index in [1.54, 1.807) is 0 Å². The van der Waals surface area contributed by atoms with E-state index in [1.807, 2.05) is 45.2 Å². The Morgan fingerprint density at radius 3 is 1.68 bits per heavy atom. The van der Waals surface area contributed by atoms with Crippen molar-refractivity contribution in [1.82, 2.24) is 0 Å². The molecule has 1 aromatic carbocycles. The fourth-order valence-corrected chi connectivity index (χ4v) is 1.44. The first-order valence-electron chi connectivity index (χ1n) is 4.88. The summed E-state index contributed by atoms with van der Waals surface area (Å²) < 4.78 is 10.1. The molecular weight excluding hydrogens is 482 g/mol. The molecule has 0 aliphatic rings. The molecule has 0 aliphatic heterocycles. The molecule has 1 N–H and O–H groups in total. The van der Waals surface area contributed by atoms with Gasteiger partial charge in [-0.15, -0.1) is 0 Å². The van der Waals surface area contributed by atoms with Gasteiger partial charge < -0.3 is 14.6 Å². The summed E-state index contributed by atoms with van der Waals surface area (Å²) in [5, 5.41) is 8.93. The summed E-state index contributed by atoms with van der Waals surface area (Å²) in [4.78, 5) is 33.3. The normalized spacial score (nSPS) is 9.79. The van der Waals surface area contributed by atoms with Crippen molar-refractivity contribution < 1.29 is 29.0 Å². The number of carbonyl (C=O) groups excluding carboxylic acids is 2. The summed E-state index contributed by atoms with van der Waals surface area (Å²) >= 11 is 3.64. The molecule has 0 aromatic heterocycles. The van der Waals surface area contributed by atoms with Crippen LogP contribution in [0.2, 0.25) is 0 Å². The molecular formula is C11H8I2O6. The maximum atomic E-state index is 11.2. The molecule has 6 nitrogen and oxygen atoms in total. The van der Waals surface area contributed by atoms with Crippen LogP contribution >= 0.6 is 45.2 Å². The number of rotatable bonds is 5. The number of esters is 2. The van der Waals surface area contributed by atoms with Crippen LogP contribution in [0.4, 0.5) is 0 Å². The highest BCUT2D eigenvalue weighted by atomic mass is 127. The topological polar surface area (TPSA) is 89.9 Å². The SMILES string of the molecule is O=C(CI)Oc1cc(OC(=O)CI)cc(C(=O)O)c1. The van der Waals surface area contributed by atoms with Crippen molar-refractivity contribution in [2.24, 2.45) is 0 Å². The molecule has 0 radical (unpaired) electrons. The van der Waals surface area contributed by atoms with Gasteiger partial charge in [0.2, 0.25) is 0 Å². The van der Waals surface area contributed by atoms with E-state index >= 15 is 0 Å². The summed E-state index contributed by atoms with van der Waals surface area (Å²) in [7, 11) is 0. The maximum absolute atomic E-state index is 11.2. The van der Waals surface area contributed by atoms with Crippen LogP contribution < -0.4 is 9.47 Å². The standard InChI is InChI=1S/C11H8I2O6/c12-4-9(14)18-7-1-6(11(16)17)2-8(3-7)19-10(15)5-13/h1-3H,4-5H2,(H,16,17). The summed E-state index contributed by atoms with van der Waals surface area (Å²) in [6, 6.07) is 3.67. The molecule has 1 rings (SSSR count). The van der Waals surface area contributed by atoms with Crippen LogP contribution in [0.3, 0.4) is 0 Å². The number of carbonyl (C=O) groups is 3. The Kier molecular flexibility index (Phi) is 6.48. The molecule has 0 saturated carbocycles. The van der Waals surface area contributed by atoms with E-state index in [1.165, 1.54) is 18.2 Å². The predicted molar refractivity (Wildman–Crippen MR) is 82.4 cm³/mol. The number of hydrogen-bond donors (Lipinski definition) is 1. The second-order valence-electron chi connectivity index (χ2n) is 3.21. The van der Waals surface area contributed by atoms with Gasteiger partial charge >= 0.3 is 17.9 Å². The summed E-state index contributed by atoms with van der Waals surface area (Å²) in [5.41, 5.74) is -0.130. The van der Waals surface area contributed by atoms with Crippen LogP contribution in [0.1, 0.15) is 10.4 Å². The van der Waals surface area contributed by atoms with Crippen molar-refractivity contribution in [3.63, 3.8) is 0 Å². The van der Waals surface area contributed by atoms with Gasteiger partial charge in [0.25, 0.3) is 0 Å². The first kappa shape index (κ1) is 16.1. The van der Waals surface area contributed by atoms with E-state index in [2.05, 4.69) is 0 Å². The molecule has 0 amide bonds. The van der Waals surface area contributed by atoms with E-state index in [-0.39, 0.29) is 25.9 Å². The fraction of sp³-hybridized carbons (Fsp3) is 0.182. The van der Waals surface area contributed by atoms with E-state index in [9.17, 15) is 14.4 Å². The third-order valence-electron chi connectivity index (χ3n) is 1.81. The lowest BCUT2D eigenvalue weighted by Crippen LogP contribution is -2.12. The second kappa shape index (κ2) is 7.62. The molecule has 8 heteroatoms. The van der Waals surface area contributed by atoms with Crippen molar-refractivity contribution in [3.05, 3.63) is 23.8 Å². The quantitative estimate of drug-likeness (QED) is 0.295. The van der Waals surface area contributed by atoms with Crippen LogP contribution in [0.15, 0.2) is 18.2 Å². The van der Waals surface area contributed by atoms with Crippen molar-refractivity contribution in [2.45, 2.75) is 0 Å². The Labute approximate surface area is 135 Å². The fourth-order valence-electron chi connectivity index (χ4n) is 1.13. The van der Waals surface area contributed by atoms with E-state index < -0.39 is 17.9 Å². The van der Waals surface area contributed by atoms with Gasteiger partial charge in [-0.3, -0.25) is 9.59 Å². The van der Waals surface area contributed by atoms with Gasteiger partial charge in [-0.2, -0.15) is 0 Å². The Balaban J connectivity index is 3.06. The minimum absolute atomic E-state index is 0.0258. The lowest BCUT2D eigenvalue weighted by Gasteiger charge is -2.07. The molecule has 1 aromatic rings. The van der Waals surface area contributed by atoms with Gasteiger partial charge in [-0.1, -0.05) is 45.2 Å². The van der Waals surface area contributed by atoms with Crippen LogP contribution in [-0.2, 0) is 9.59 Å². The Bertz CT molecular complexity index is 478. The second-order valence-corrected chi connectivity index (χ2v) is 4.74. The number of carboxylic acids is 1. The lowest BCUT2D eigenvalue weighted by molar-refractivity contribution is -0.131. The average Bonchev–Trinajstić information content (AvgIpc) is 2.37. The van der Waals surface area contributed by atoms with E-state index in [0.717, 1.165) is 0 Å². The maximum Gasteiger partial charge on any atom is 0.335 e. The predicted octanol–water partition coefficient (Wildman–Crippen LogP) is 2.07. The van der Waals surface area contributed by atoms with Crippen LogP contribution in [0.25, 0.3) is 0 Å². The third kappa shape index (κ3) is 5.30. The van der Waals surface area contributed by atoms with Gasteiger partial charge in [0.05, 0.1) is 14.4 Å². The minimum Gasteiger partial charge on any atom is -0.478 e. The third-order valence-corrected chi connectivity index (χ3v) is 3.05. The number of benzene rings is 1. The van der Waals surface area contributed by atoms with E-state index in [0.29, 0.717) is 0 Å². The summed E-state index contributed by atoms with van der Waals surface area (Å²) in [6.07, 6.45) is 0. The Morgan fingerprint density at radius 1 is 0.947 bits per heavy atom. The number of hydrogen-bond acceptors (Lipinski definition) is 5. The molecule has 0 bridgehead atoms. The first-order valence-corrected chi connectivity index (χ1v) is 7.93. The zero-order valence-corrected chi connectivity index (χ0v) is 13.7. The smallest absolute Gasteiger partial charge is 0.335 e. The zero-order chi connectivity index (χ0) is 14.4. The van der Waals surface area contributed by atoms with Crippen LogP contribution in [0.5, 0.6) is 11.5 Å². The highest BCUT2D eigenvalue weighted by Gasteiger charge is 2.13. The molecule has 0 spiro atoms. The highest BCUT2D eigenvalue weighted by Crippen LogP contribution is 2.23. The van der Waals surface area contributed by atoms with Gasteiger partial charge in [-0.05, 0) is 12.1 Å². The van der Waals surface area contributed by atoms with Crippen molar-refractivity contribution >= 4 is 63.1 Å². The minimum atomic E-state index is -1.21. The van der Waals surface area contributed by atoms with Crippen molar-refractivity contribution in [1.29, 1.82) is 0 Å². The zero-order valence-electron chi connectivity index (χ0n) is 9.39. The van der Waals surface area contributed by atoms with Gasteiger partial charge in [0.1, 0.15) is 11.5 Å². The average molecular weight is 490 g/mol. The number of carboxylic acid groups (broad SMARTS) is 1. The molecule has 19 heavy (non-hydrogen) atoms. The molecule has 0 saturated heterocycles. The van der Waals surface area contributed by atoms with Gasteiger partial charge in [-0.25, -0.2) is 4.79 Å².